The molecule has 22 heavy (non-hydrogen) atoms. The van der Waals surface area contributed by atoms with Gasteiger partial charge >= 0.3 is 0 Å². The summed E-state index contributed by atoms with van der Waals surface area (Å²) in [5.74, 6) is 1.62. The lowest BCUT2D eigenvalue weighted by molar-refractivity contribution is 1.03. The summed E-state index contributed by atoms with van der Waals surface area (Å²) in [4.78, 5) is 12.6. The van der Waals surface area contributed by atoms with E-state index in [0.717, 1.165) is 11.3 Å². The second kappa shape index (κ2) is 6.40. The summed E-state index contributed by atoms with van der Waals surface area (Å²) in [6.07, 6.45) is 5.06. The van der Waals surface area contributed by atoms with Crippen LogP contribution < -0.4 is 10.6 Å². The first-order valence-electron chi connectivity index (χ1n) is 6.65. The summed E-state index contributed by atoms with van der Waals surface area (Å²) in [5.41, 5.74) is 1.99. The highest BCUT2D eigenvalue weighted by molar-refractivity contribution is 6.32. The maximum Gasteiger partial charge on any atom is 0.224 e. The second-order valence-corrected chi connectivity index (χ2v) is 5.07. The molecule has 0 spiro atoms. The predicted octanol–water partition coefficient (Wildman–Crippen LogP) is 2.91. The highest BCUT2D eigenvalue weighted by Crippen LogP contribution is 2.23. The summed E-state index contributed by atoms with van der Waals surface area (Å²) >= 11 is 6.11. The number of aryl methyl sites for hydroxylation is 1. The highest BCUT2D eigenvalue weighted by Gasteiger charge is 2.07. The molecule has 0 unspecified atom stereocenters. The Labute approximate surface area is 132 Å². The Morgan fingerprint density at radius 3 is 2.95 bits per heavy atom. The van der Waals surface area contributed by atoms with Gasteiger partial charge in [-0.1, -0.05) is 17.7 Å². The van der Waals surface area contributed by atoms with Crippen molar-refractivity contribution in [3.05, 3.63) is 53.1 Å². The van der Waals surface area contributed by atoms with Crippen molar-refractivity contribution >= 4 is 29.2 Å². The third kappa shape index (κ3) is 3.50. The molecule has 0 aliphatic heterocycles. The molecule has 0 aliphatic carbocycles. The fraction of sp³-hybridized carbons (Fsp3) is 0.143. The number of H-pyrrole nitrogens is 1. The normalized spacial score (nSPS) is 10.5. The minimum atomic E-state index is 0.424. The van der Waals surface area contributed by atoms with Crippen LogP contribution in [0.25, 0.3) is 0 Å². The van der Waals surface area contributed by atoms with Gasteiger partial charge in [0.25, 0.3) is 0 Å². The largest absolute Gasteiger partial charge is 0.350 e. The molecule has 0 atom stereocenters. The number of aromatic nitrogens is 5. The molecule has 0 bridgehead atoms. The summed E-state index contributed by atoms with van der Waals surface area (Å²) in [6.45, 7) is 2.50. The zero-order valence-electron chi connectivity index (χ0n) is 11.8. The van der Waals surface area contributed by atoms with E-state index in [0.29, 0.717) is 29.2 Å². The minimum Gasteiger partial charge on any atom is -0.350 e. The van der Waals surface area contributed by atoms with E-state index in [1.165, 1.54) is 0 Å². The first-order valence-corrected chi connectivity index (χ1v) is 7.03. The standard InChI is InChI=1S/C14H14ClN7/c1-9-5-12(22-21-9)19-13-11(15)8-18-14(20-13)17-7-10-3-2-4-16-6-10/h2-6,8H,7H2,1H3,(H3,17,18,19,20,21,22). The monoisotopic (exact) mass is 315 g/mol. The van der Waals surface area contributed by atoms with Crippen molar-refractivity contribution in [1.29, 1.82) is 0 Å². The van der Waals surface area contributed by atoms with E-state index in [4.69, 9.17) is 11.6 Å². The molecule has 3 heterocycles. The lowest BCUT2D eigenvalue weighted by atomic mass is 10.3. The van der Waals surface area contributed by atoms with Crippen molar-refractivity contribution in [2.45, 2.75) is 13.5 Å². The maximum absolute atomic E-state index is 6.11. The van der Waals surface area contributed by atoms with Gasteiger partial charge in [0.2, 0.25) is 5.95 Å². The van der Waals surface area contributed by atoms with Crippen molar-refractivity contribution in [3.8, 4) is 0 Å². The van der Waals surface area contributed by atoms with Gasteiger partial charge in [0.15, 0.2) is 11.6 Å². The van der Waals surface area contributed by atoms with E-state index in [1.54, 1.807) is 18.6 Å². The summed E-state index contributed by atoms with van der Waals surface area (Å²) in [6, 6.07) is 5.72. The SMILES string of the molecule is Cc1cc(Nc2nc(NCc3cccnc3)ncc2Cl)n[nH]1. The molecular weight excluding hydrogens is 302 g/mol. The van der Waals surface area contributed by atoms with Gasteiger partial charge in [-0.3, -0.25) is 10.1 Å². The van der Waals surface area contributed by atoms with E-state index in [1.807, 2.05) is 25.1 Å². The molecule has 0 amide bonds. The van der Waals surface area contributed by atoms with Crippen LogP contribution in [-0.2, 0) is 6.54 Å². The average Bonchev–Trinajstić information content (AvgIpc) is 2.94. The average molecular weight is 316 g/mol. The predicted molar refractivity (Wildman–Crippen MR) is 85.2 cm³/mol. The number of anilines is 3. The second-order valence-electron chi connectivity index (χ2n) is 4.67. The molecule has 3 aromatic heterocycles. The van der Waals surface area contributed by atoms with Gasteiger partial charge in [-0.15, -0.1) is 0 Å². The molecule has 0 radical (unpaired) electrons. The maximum atomic E-state index is 6.11. The number of aromatic amines is 1. The van der Waals surface area contributed by atoms with Crippen LogP contribution in [0.5, 0.6) is 0 Å². The first kappa shape index (κ1) is 14.3. The van der Waals surface area contributed by atoms with Crippen molar-refractivity contribution in [1.82, 2.24) is 25.1 Å². The first-order chi connectivity index (χ1) is 10.7. The number of hydrogen-bond donors (Lipinski definition) is 3. The van der Waals surface area contributed by atoms with Crippen molar-refractivity contribution in [2.75, 3.05) is 10.6 Å². The molecule has 0 saturated carbocycles. The summed E-state index contributed by atoms with van der Waals surface area (Å²) in [7, 11) is 0. The van der Waals surface area contributed by atoms with Gasteiger partial charge in [-0.25, -0.2) is 4.98 Å². The van der Waals surface area contributed by atoms with E-state index >= 15 is 0 Å². The molecule has 112 valence electrons. The molecule has 3 aromatic rings. The molecule has 3 rings (SSSR count). The van der Waals surface area contributed by atoms with Crippen LogP contribution in [0.15, 0.2) is 36.8 Å². The highest BCUT2D eigenvalue weighted by atomic mass is 35.5. The summed E-state index contributed by atoms with van der Waals surface area (Å²) < 4.78 is 0. The Hall–Kier alpha value is -2.67. The van der Waals surface area contributed by atoms with E-state index in [-0.39, 0.29) is 0 Å². The zero-order chi connectivity index (χ0) is 15.4. The Morgan fingerprint density at radius 2 is 2.23 bits per heavy atom. The molecular formula is C14H14ClN7. The van der Waals surface area contributed by atoms with E-state index in [2.05, 4.69) is 35.8 Å². The Bertz CT molecular complexity index is 757. The lowest BCUT2D eigenvalue weighted by Gasteiger charge is -2.08. The van der Waals surface area contributed by atoms with Gasteiger partial charge in [-0.2, -0.15) is 10.1 Å². The van der Waals surface area contributed by atoms with Gasteiger partial charge in [0.05, 0.1) is 6.20 Å². The van der Waals surface area contributed by atoms with Crippen LogP contribution in [0.3, 0.4) is 0 Å². The Balaban J connectivity index is 1.72. The Morgan fingerprint density at radius 1 is 1.32 bits per heavy atom. The number of nitrogens with zero attached hydrogens (tertiary/aromatic N) is 4. The van der Waals surface area contributed by atoms with Crippen LogP contribution in [0.2, 0.25) is 5.02 Å². The molecule has 8 heteroatoms. The third-order valence-corrected chi connectivity index (χ3v) is 3.15. The number of rotatable bonds is 5. The molecule has 0 fully saturated rings. The van der Waals surface area contributed by atoms with Crippen LogP contribution in [0.4, 0.5) is 17.6 Å². The molecule has 0 aliphatic rings. The minimum absolute atomic E-state index is 0.424. The van der Waals surface area contributed by atoms with Crippen LogP contribution in [-0.4, -0.2) is 25.1 Å². The van der Waals surface area contributed by atoms with Crippen molar-refractivity contribution in [3.63, 3.8) is 0 Å². The van der Waals surface area contributed by atoms with E-state index in [9.17, 15) is 0 Å². The van der Waals surface area contributed by atoms with Crippen LogP contribution >= 0.6 is 11.6 Å². The van der Waals surface area contributed by atoms with E-state index < -0.39 is 0 Å². The molecule has 3 N–H and O–H groups in total. The van der Waals surface area contributed by atoms with Crippen LogP contribution in [0.1, 0.15) is 11.3 Å². The topological polar surface area (TPSA) is 91.4 Å². The number of nitrogens with one attached hydrogen (secondary N) is 3. The van der Waals surface area contributed by atoms with Crippen molar-refractivity contribution in [2.24, 2.45) is 0 Å². The molecule has 0 aromatic carbocycles. The molecule has 0 saturated heterocycles. The summed E-state index contributed by atoms with van der Waals surface area (Å²) in [5, 5.41) is 13.5. The fourth-order valence-corrected chi connectivity index (χ4v) is 1.97. The Kier molecular flexibility index (Phi) is 4.15. The van der Waals surface area contributed by atoms with Gasteiger partial charge in [0.1, 0.15) is 5.02 Å². The van der Waals surface area contributed by atoms with Crippen LogP contribution in [0, 0.1) is 6.92 Å². The number of pyridine rings is 1. The quantitative estimate of drug-likeness (QED) is 0.670. The number of halogens is 1. The van der Waals surface area contributed by atoms with Crippen molar-refractivity contribution < 1.29 is 0 Å². The zero-order valence-corrected chi connectivity index (χ0v) is 12.6. The number of hydrogen-bond acceptors (Lipinski definition) is 6. The fourth-order valence-electron chi connectivity index (χ4n) is 1.83. The lowest BCUT2D eigenvalue weighted by Crippen LogP contribution is -2.05. The van der Waals surface area contributed by atoms with Gasteiger partial charge in [0, 0.05) is 30.7 Å². The third-order valence-electron chi connectivity index (χ3n) is 2.87. The molecule has 7 nitrogen and oxygen atoms in total. The van der Waals surface area contributed by atoms with Gasteiger partial charge < -0.3 is 10.6 Å². The smallest absolute Gasteiger partial charge is 0.224 e. The van der Waals surface area contributed by atoms with Gasteiger partial charge in [-0.05, 0) is 18.6 Å².